The maximum Gasteiger partial charge on any atom is 0.336 e. The molecule has 0 radical (unpaired) electrons. The van der Waals surface area contributed by atoms with E-state index in [2.05, 4.69) is 15.4 Å². The number of carboxylic acids is 1. The monoisotopic (exact) mass is 384 g/mol. The smallest absolute Gasteiger partial charge is 0.336 e. The van der Waals surface area contributed by atoms with Crippen molar-refractivity contribution in [3.63, 3.8) is 0 Å². The van der Waals surface area contributed by atoms with Crippen LogP contribution < -0.4 is 5.32 Å². The van der Waals surface area contributed by atoms with Gasteiger partial charge in [0.05, 0.1) is 17.2 Å². The first kappa shape index (κ1) is 17.8. The summed E-state index contributed by atoms with van der Waals surface area (Å²) in [5.74, 6) is -3.81. The van der Waals surface area contributed by atoms with Gasteiger partial charge in [0.1, 0.15) is 29.7 Å². The van der Waals surface area contributed by atoms with Gasteiger partial charge in [0.25, 0.3) is 0 Å². The van der Waals surface area contributed by atoms with Crippen LogP contribution in [-0.4, -0.2) is 31.6 Å². The van der Waals surface area contributed by atoms with Gasteiger partial charge < -0.3 is 10.4 Å². The number of hydrogen-bond donors (Lipinski definition) is 2. The van der Waals surface area contributed by atoms with E-state index in [1.807, 2.05) is 0 Å². The predicted octanol–water partition coefficient (Wildman–Crippen LogP) is 2.92. The number of ketones is 1. The second-order valence-electron chi connectivity index (χ2n) is 6.44. The van der Waals surface area contributed by atoms with Crippen LogP contribution in [0.4, 0.5) is 14.5 Å². The van der Waals surface area contributed by atoms with Crippen LogP contribution in [0.25, 0.3) is 0 Å². The molecule has 4 rings (SSSR count). The van der Waals surface area contributed by atoms with Crippen LogP contribution in [0.5, 0.6) is 0 Å². The summed E-state index contributed by atoms with van der Waals surface area (Å²) >= 11 is 0. The molecule has 142 valence electrons. The molecule has 1 aliphatic heterocycles. The van der Waals surface area contributed by atoms with Crippen LogP contribution in [0.15, 0.2) is 42.7 Å². The summed E-state index contributed by atoms with van der Waals surface area (Å²) in [4.78, 5) is 29.1. The number of carbonyl (C=O) groups is 2. The molecular weight excluding hydrogens is 370 g/mol. The standard InChI is InChI=1S/C19H14F2N4O3/c1-25-18(22-8-23-25)15-16(9-2-4-10(20)5-3-9)24-13-7-11(21)6-12(19(27)28)14(13)17(15)26/h2-8,15-16,24H,1H3,(H,27,28)/t15-,16-/m0/s1. The number of benzene rings is 2. The number of fused-ring (bicyclic) bond motifs is 1. The van der Waals surface area contributed by atoms with E-state index in [9.17, 15) is 23.5 Å². The number of aryl methyl sites for hydroxylation is 1. The second-order valence-corrected chi connectivity index (χ2v) is 6.44. The van der Waals surface area contributed by atoms with Crippen molar-refractivity contribution < 1.29 is 23.5 Å². The van der Waals surface area contributed by atoms with E-state index in [0.717, 1.165) is 12.1 Å². The molecule has 1 aromatic heterocycles. The Hall–Kier alpha value is -3.62. The second kappa shape index (κ2) is 6.52. The van der Waals surface area contributed by atoms with E-state index in [1.165, 1.54) is 35.3 Å². The largest absolute Gasteiger partial charge is 0.478 e. The molecule has 0 fully saturated rings. The molecule has 1 aliphatic rings. The molecule has 0 saturated heterocycles. The molecule has 3 aromatic rings. The summed E-state index contributed by atoms with van der Waals surface area (Å²) in [6.45, 7) is 0. The third-order valence-electron chi connectivity index (χ3n) is 4.76. The highest BCUT2D eigenvalue weighted by molar-refractivity contribution is 6.14. The number of rotatable bonds is 3. The van der Waals surface area contributed by atoms with Crippen molar-refractivity contribution in [2.75, 3.05) is 5.32 Å². The maximum absolute atomic E-state index is 14.0. The van der Waals surface area contributed by atoms with Gasteiger partial charge in [0.15, 0.2) is 5.78 Å². The lowest BCUT2D eigenvalue weighted by Crippen LogP contribution is -2.35. The third-order valence-corrected chi connectivity index (χ3v) is 4.76. The molecule has 7 nitrogen and oxygen atoms in total. The Morgan fingerprint density at radius 3 is 2.50 bits per heavy atom. The molecule has 2 heterocycles. The van der Waals surface area contributed by atoms with Gasteiger partial charge in [-0.1, -0.05) is 12.1 Å². The quantitative estimate of drug-likeness (QED) is 0.721. The predicted molar refractivity (Wildman–Crippen MR) is 94.2 cm³/mol. The van der Waals surface area contributed by atoms with Crippen molar-refractivity contribution in [3.8, 4) is 0 Å². The summed E-state index contributed by atoms with van der Waals surface area (Å²) in [5, 5.41) is 16.5. The Balaban J connectivity index is 1.94. The normalized spacial score (nSPS) is 18.5. The molecule has 9 heteroatoms. The average molecular weight is 384 g/mol. The zero-order valence-corrected chi connectivity index (χ0v) is 14.6. The molecule has 2 atom stereocenters. The number of hydrogen-bond acceptors (Lipinski definition) is 5. The van der Waals surface area contributed by atoms with Gasteiger partial charge in [-0.15, -0.1) is 0 Å². The van der Waals surface area contributed by atoms with Gasteiger partial charge in [-0.2, -0.15) is 5.10 Å². The number of anilines is 1. The van der Waals surface area contributed by atoms with Gasteiger partial charge in [0, 0.05) is 12.7 Å². The molecule has 2 N–H and O–H groups in total. The molecule has 0 aliphatic carbocycles. The van der Waals surface area contributed by atoms with Crippen molar-refractivity contribution >= 4 is 17.4 Å². The van der Waals surface area contributed by atoms with E-state index in [4.69, 9.17) is 0 Å². The van der Waals surface area contributed by atoms with Crippen LogP contribution in [0, 0.1) is 11.6 Å². The third kappa shape index (κ3) is 2.81. The summed E-state index contributed by atoms with van der Waals surface area (Å²) in [7, 11) is 1.61. The number of carboxylic acid groups (broad SMARTS) is 1. The molecule has 0 saturated carbocycles. The van der Waals surface area contributed by atoms with E-state index < -0.39 is 40.9 Å². The summed E-state index contributed by atoms with van der Waals surface area (Å²) in [6.07, 6.45) is 1.28. The molecule has 0 unspecified atom stereocenters. The maximum atomic E-state index is 14.0. The number of nitrogens with zero attached hydrogens (tertiary/aromatic N) is 3. The molecular formula is C19H14F2N4O3. The number of carbonyl (C=O) groups excluding carboxylic acids is 1. The van der Waals surface area contributed by atoms with Crippen molar-refractivity contribution in [2.45, 2.75) is 12.0 Å². The summed E-state index contributed by atoms with van der Waals surface area (Å²) < 4.78 is 28.8. The van der Waals surface area contributed by atoms with Crippen LogP contribution >= 0.6 is 0 Å². The first-order valence-electron chi connectivity index (χ1n) is 8.33. The lowest BCUT2D eigenvalue weighted by Gasteiger charge is -2.34. The zero-order valence-electron chi connectivity index (χ0n) is 14.6. The van der Waals surface area contributed by atoms with E-state index in [0.29, 0.717) is 11.4 Å². The molecule has 0 spiro atoms. The lowest BCUT2D eigenvalue weighted by molar-refractivity contribution is 0.0690. The van der Waals surface area contributed by atoms with Crippen LogP contribution in [-0.2, 0) is 7.05 Å². The van der Waals surface area contributed by atoms with Gasteiger partial charge in [-0.05, 0) is 29.8 Å². The summed E-state index contributed by atoms with van der Waals surface area (Å²) in [6, 6.07) is 6.68. The van der Waals surface area contributed by atoms with E-state index >= 15 is 0 Å². The van der Waals surface area contributed by atoms with Crippen LogP contribution in [0.2, 0.25) is 0 Å². The average Bonchev–Trinajstić information content (AvgIpc) is 3.06. The number of aromatic carboxylic acids is 1. The van der Waals surface area contributed by atoms with Crippen molar-refractivity contribution in [1.29, 1.82) is 0 Å². The Morgan fingerprint density at radius 2 is 1.89 bits per heavy atom. The Bertz CT molecular complexity index is 1100. The first-order valence-corrected chi connectivity index (χ1v) is 8.33. The first-order chi connectivity index (χ1) is 13.4. The van der Waals surface area contributed by atoms with Gasteiger partial charge in [0.2, 0.25) is 0 Å². The highest BCUT2D eigenvalue weighted by atomic mass is 19.1. The van der Waals surface area contributed by atoms with Gasteiger partial charge >= 0.3 is 5.97 Å². The minimum absolute atomic E-state index is 0.0649. The number of Topliss-reactive ketones (excluding diaryl/α,β-unsaturated/α-hetero) is 1. The molecule has 28 heavy (non-hydrogen) atoms. The fraction of sp³-hybridized carbons (Fsp3) is 0.158. The van der Waals surface area contributed by atoms with Gasteiger partial charge in [-0.3, -0.25) is 9.48 Å². The molecule has 0 amide bonds. The fourth-order valence-corrected chi connectivity index (χ4v) is 3.51. The highest BCUT2D eigenvalue weighted by Crippen LogP contribution is 2.43. The van der Waals surface area contributed by atoms with Crippen molar-refractivity contribution in [2.24, 2.45) is 7.05 Å². The number of nitrogens with one attached hydrogen (secondary N) is 1. The van der Waals surface area contributed by atoms with Crippen molar-refractivity contribution in [3.05, 3.63) is 76.9 Å². The number of aromatic nitrogens is 3. The van der Waals surface area contributed by atoms with E-state index in [1.54, 1.807) is 7.05 Å². The zero-order chi connectivity index (χ0) is 20.0. The lowest BCUT2D eigenvalue weighted by atomic mass is 9.80. The Kier molecular flexibility index (Phi) is 4.14. The molecule has 0 bridgehead atoms. The highest BCUT2D eigenvalue weighted by Gasteiger charge is 2.42. The SMILES string of the molecule is Cn1ncnc1[C@@H]1C(=O)c2c(cc(F)cc2C(=O)O)N[C@H]1c1ccc(F)cc1. The van der Waals surface area contributed by atoms with E-state index in [-0.39, 0.29) is 11.3 Å². The minimum Gasteiger partial charge on any atom is -0.478 e. The van der Waals surface area contributed by atoms with Gasteiger partial charge in [-0.25, -0.2) is 18.6 Å². The minimum atomic E-state index is -1.41. The fourth-order valence-electron chi connectivity index (χ4n) is 3.51. The summed E-state index contributed by atoms with van der Waals surface area (Å²) in [5.41, 5.74) is 0.0714. The van der Waals surface area contributed by atoms with Crippen LogP contribution in [0.1, 0.15) is 44.1 Å². The topological polar surface area (TPSA) is 97.1 Å². The number of halogens is 2. The Labute approximate surface area is 157 Å². The Morgan fingerprint density at radius 1 is 1.18 bits per heavy atom. The van der Waals surface area contributed by atoms with Crippen molar-refractivity contribution in [1.82, 2.24) is 14.8 Å². The molecule has 2 aromatic carbocycles. The van der Waals surface area contributed by atoms with Crippen LogP contribution in [0.3, 0.4) is 0 Å².